The van der Waals surface area contributed by atoms with Gasteiger partial charge in [0.15, 0.2) is 5.96 Å². The first-order chi connectivity index (χ1) is 11.8. The lowest BCUT2D eigenvalue weighted by molar-refractivity contribution is 0.0174. The first-order valence-corrected chi connectivity index (χ1v) is 10.00. The topological polar surface area (TPSA) is 42.9 Å². The summed E-state index contributed by atoms with van der Waals surface area (Å²) in [7, 11) is 0. The standard InChI is InChI=1S/C18H29N5S.HI/c1-2-19-18(20-8-13-24-17-6-4-3-5-7-17)21-14-16-15-22-9-11-23(16)12-10-22;/h3-7,16H,2,8-15H2,1H3,(H2,19,20,21);1H. The number of aliphatic imine (C=N–C) groups is 1. The number of nitrogens with zero attached hydrogens (tertiary/aromatic N) is 3. The number of guanidine groups is 1. The van der Waals surface area contributed by atoms with Gasteiger partial charge in [0.05, 0.1) is 6.54 Å². The first-order valence-electron chi connectivity index (χ1n) is 9.01. The zero-order valence-corrected chi connectivity index (χ0v) is 18.1. The minimum Gasteiger partial charge on any atom is -0.357 e. The van der Waals surface area contributed by atoms with Crippen LogP contribution in [0.2, 0.25) is 0 Å². The number of benzene rings is 1. The lowest BCUT2D eigenvalue weighted by atomic mass is 10.1. The SMILES string of the molecule is CCNC(=NCC1CN2CCN1CC2)NCCSc1ccccc1.I. The Morgan fingerprint density at radius 1 is 1.16 bits per heavy atom. The van der Waals surface area contributed by atoms with Gasteiger partial charge in [-0.2, -0.15) is 0 Å². The van der Waals surface area contributed by atoms with Crippen molar-refractivity contribution < 1.29 is 0 Å². The molecule has 25 heavy (non-hydrogen) atoms. The van der Waals surface area contributed by atoms with Crippen LogP contribution in [0.5, 0.6) is 0 Å². The van der Waals surface area contributed by atoms with Gasteiger partial charge in [-0.1, -0.05) is 18.2 Å². The second-order valence-electron chi connectivity index (χ2n) is 6.30. The smallest absolute Gasteiger partial charge is 0.191 e. The van der Waals surface area contributed by atoms with Crippen LogP contribution in [0, 0.1) is 0 Å². The van der Waals surface area contributed by atoms with Crippen molar-refractivity contribution in [1.29, 1.82) is 0 Å². The van der Waals surface area contributed by atoms with Crippen LogP contribution >= 0.6 is 35.7 Å². The highest BCUT2D eigenvalue weighted by atomic mass is 127. The molecule has 0 spiro atoms. The van der Waals surface area contributed by atoms with E-state index >= 15 is 0 Å². The van der Waals surface area contributed by atoms with Gasteiger partial charge in [0.1, 0.15) is 0 Å². The number of hydrogen-bond donors (Lipinski definition) is 2. The monoisotopic (exact) mass is 475 g/mol. The molecule has 0 saturated carbocycles. The molecule has 1 unspecified atom stereocenters. The molecule has 0 radical (unpaired) electrons. The Bertz CT molecular complexity index is 519. The number of halogens is 1. The normalized spacial score (nSPS) is 25.3. The third-order valence-electron chi connectivity index (χ3n) is 4.60. The summed E-state index contributed by atoms with van der Waals surface area (Å²) in [4.78, 5) is 11.3. The van der Waals surface area contributed by atoms with Crippen LogP contribution in [-0.2, 0) is 0 Å². The zero-order valence-electron chi connectivity index (χ0n) is 15.0. The van der Waals surface area contributed by atoms with Gasteiger partial charge < -0.3 is 10.6 Å². The Hall–Kier alpha value is -0.510. The van der Waals surface area contributed by atoms with Crippen LogP contribution in [-0.4, -0.2) is 79.9 Å². The molecule has 2 bridgehead atoms. The van der Waals surface area contributed by atoms with Crippen molar-refractivity contribution in [2.24, 2.45) is 4.99 Å². The number of piperazine rings is 3. The Morgan fingerprint density at radius 3 is 2.56 bits per heavy atom. The van der Waals surface area contributed by atoms with E-state index in [2.05, 4.69) is 57.7 Å². The predicted octanol–water partition coefficient (Wildman–Crippen LogP) is 1.95. The number of nitrogens with one attached hydrogen (secondary N) is 2. The largest absolute Gasteiger partial charge is 0.357 e. The van der Waals surface area contributed by atoms with Gasteiger partial charge in [0.25, 0.3) is 0 Å². The van der Waals surface area contributed by atoms with Crippen LogP contribution in [0.15, 0.2) is 40.2 Å². The summed E-state index contributed by atoms with van der Waals surface area (Å²) < 4.78 is 0. The Morgan fingerprint density at radius 2 is 1.92 bits per heavy atom. The summed E-state index contributed by atoms with van der Waals surface area (Å²) in [5, 5.41) is 6.82. The van der Waals surface area contributed by atoms with Crippen molar-refractivity contribution in [2.75, 3.05) is 58.1 Å². The Kier molecular flexibility index (Phi) is 9.36. The van der Waals surface area contributed by atoms with E-state index in [1.54, 1.807) is 0 Å². The van der Waals surface area contributed by atoms with Crippen molar-refractivity contribution in [1.82, 2.24) is 20.4 Å². The quantitative estimate of drug-likeness (QED) is 0.208. The molecule has 3 saturated heterocycles. The molecule has 140 valence electrons. The average Bonchev–Trinajstić information content (AvgIpc) is 2.65. The van der Waals surface area contributed by atoms with E-state index in [0.717, 1.165) is 31.3 Å². The summed E-state index contributed by atoms with van der Waals surface area (Å²) in [5.74, 6) is 1.99. The van der Waals surface area contributed by atoms with Crippen molar-refractivity contribution >= 4 is 41.7 Å². The van der Waals surface area contributed by atoms with Gasteiger partial charge >= 0.3 is 0 Å². The summed E-state index contributed by atoms with van der Waals surface area (Å²) >= 11 is 1.88. The molecule has 3 fully saturated rings. The fourth-order valence-corrected chi connectivity index (χ4v) is 4.08. The molecule has 3 aliphatic rings. The Balaban J connectivity index is 0.00000225. The van der Waals surface area contributed by atoms with Crippen molar-refractivity contribution in [2.45, 2.75) is 17.9 Å². The molecular formula is C18H30IN5S. The molecule has 0 aliphatic carbocycles. The predicted molar refractivity (Wildman–Crippen MR) is 118 cm³/mol. The third kappa shape index (κ3) is 6.62. The zero-order chi connectivity index (χ0) is 16.6. The van der Waals surface area contributed by atoms with Crippen LogP contribution < -0.4 is 10.6 Å². The van der Waals surface area contributed by atoms with Crippen molar-refractivity contribution in [3.8, 4) is 0 Å². The molecule has 4 rings (SSSR count). The van der Waals surface area contributed by atoms with E-state index in [9.17, 15) is 0 Å². The lowest BCUT2D eigenvalue weighted by Gasteiger charge is -2.47. The Labute approximate surface area is 173 Å². The van der Waals surface area contributed by atoms with Crippen molar-refractivity contribution in [3.05, 3.63) is 30.3 Å². The fourth-order valence-electron chi connectivity index (χ4n) is 3.29. The number of fused-ring (bicyclic) bond motifs is 3. The molecule has 1 aromatic carbocycles. The number of hydrogen-bond acceptors (Lipinski definition) is 4. The molecule has 7 heteroatoms. The van der Waals surface area contributed by atoms with Gasteiger partial charge in [-0.25, -0.2) is 0 Å². The second kappa shape index (κ2) is 11.3. The molecule has 0 amide bonds. The van der Waals surface area contributed by atoms with Crippen LogP contribution in [0.1, 0.15) is 6.92 Å². The van der Waals surface area contributed by atoms with Crippen molar-refractivity contribution in [3.63, 3.8) is 0 Å². The number of thioether (sulfide) groups is 1. The highest BCUT2D eigenvalue weighted by molar-refractivity contribution is 14.0. The van der Waals surface area contributed by atoms with Crippen LogP contribution in [0.4, 0.5) is 0 Å². The van der Waals surface area contributed by atoms with E-state index in [1.165, 1.54) is 37.6 Å². The molecule has 3 aliphatic heterocycles. The molecule has 1 atom stereocenters. The highest BCUT2D eigenvalue weighted by Gasteiger charge is 2.31. The molecule has 1 aromatic rings. The molecule has 0 aromatic heterocycles. The second-order valence-corrected chi connectivity index (χ2v) is 7.47. The summed E-state index contributed by atoms with van der Waals surface area (Å²) in [5.41, 5.74) is 0. The summed E-state index contributed by atoms with van der Waals surface area (Å²) in [6.07, 6.45) is 0. The minimum atomic E-state index is 0. The molecule has 5 nitrogen and oxygen atoms in total. The van der Waals surface area contributed by atoms with Gasteiger partial charge in [0.2, 0.25) is 0 Å². The maximum atomic E-state index is 4.82. The first kappa shape index (κ1) is 20.8. The molecule has 2 N–H and O–H groups in total. The highest BCUT2D eigenvalue weighted by Crippen LogP contribution is 2.16. The van der Waals surface area contributed by atoms with E-state index in [4.69, 9.17) is 4.99 Å². The third-order valence-corrected chi connectivity index (χ3v) is 5.62. The van der Waals surface area contributed by atoms with E-state index < -0.39 is 0 Å². The van der Waals surface area contributed by atoms with Gasteiger partial charge in [-0.3, -0.25) is 14.8 Å². The van der Waals surface area contributed by atoms with Gasteiger partial charge in [0, 0.05) is 62.5 Å². The van der Waals surface area contributed by atoms with Gasteiger partial charge in [-0.05, 0) is 19.1 Å². The van der Waals surface area contributed by atoms with Crippen LogP contribution in [0.3, 0.4) is 0 Å². The van der Waals surface area contributed by atoms with Crippen LogP contribution in [0.25, 0.3) is 0 Å². The maximum absolute atomic E-state index is 4.82. The van der Waals surface area contributed by atoms with E-state index in [0.29, 0.717) is 6.04 Å². The number of rotatable bonds is 7. The average molecular weight is 475 g/mol. The fraction of sp³-hybridized carbons (Fsp3) is 0.611. The molecule has 3 heterocycles. The summed E-state index contributed by atoms with van der Waals surface area (Å²) in [6.45, 7) is 10.9. The summed E-state index contributed by atoms with van der Waals surface area (Å²) in [6, 6.07) is 11.1. The molecular weight excluding hydrogens is 445 g/mol. The van der Waals surface area contributed by atoms with Gasteiger partial charge in [-0.15, -0.1) is 35.7 Å². The maximum Gasteiger partial charge on any atom is 0.191 e. The van der Waals surface area contributed by atoms with E-state index in [1.807, 2.05) is 11.8 Å². The minimum absolute atomic E-state index is 0. The lowest BCUT2D eigenvalue weighted by Crippen LogP contribution is -2.62. The van der Waals surface area contributed by atoms with E-state index in [-0.39, 0.29) is 24.0 Å².